The molecule has 0 fully saturated rings. The van der Waals surface area contributed by atoms with Gasteiger partial charge in [0.25, 0.3) is 5.91 Å². The van der Waals surface area contributed by atoms with E-state index in [0.717, 1.165) is 0 Å². The number of amides is 2. The van der Waals surface area contributed by atoms with Crippen molar-refractivity contribution in [2.75, 3.05) is 26.9 Å². The minimum absolute atomic E-state index is 0.00932. The van der Waals surface area contributed by atoms with E-state index in [1.54, 1.807) is 18.3 Å². The first-order valence-corrected chi connectivity index (χ1v) is 7.43. The van der Waals surface area contributed by atoms with E-state index >= 15 is 0 Å². The highest BCUT2D eigenvalue weighted by atomic mass is 16.6. The molecule has 0 saturated heterocycles. The van der Waals surface area contributed by atoms with Gasteiger partial charge in [0.15, 0.2) is 0 Å². The Kier molecular flexibility index (Phi) is 9.35. The number of hydrogen-bond acceptors (Lipinski definition) is 7. The Morgan fingerprint density at radius 2 is 2.21 bits per heavy atom. The second-order valence-electron chi connectivity index (χ2n) is 4.84. The third-order valence-electron chi connectivity index (χ3n) is 3.02. The molecule has 0 aliphatic carbocycles. The number of aliphatic hydroxyl groups excluding tert-OH is 1. The van der Waals surface area contributed by atoms with Gasteiger partial charge in [0.1, 0.15) is 6.10 Å². The van der Waals surface area contributed by atoms with Crippen molar-refractivity contribution in [2.24, 2.45) is 5.73 Å². The minimum Gasteiger partial charge on any atom is -0.433 e. The maximum absolute atomic E-state index is 11.6. The monoisotopic (exact) mass is 341 g/mol. The number of hydrogen-bond donors (Lipinski definition) is 3. The first-order chi connectivity index (χ1) is 11.6. The Hall–Kier alpha value is -2.23. The lowest BCUT2D eigenvalue weighted by molar-refractivity contribution is -0.137. The summed E-state index contributed by atoms with van der Waals surface area (Å²) in [5.74, 6) is -0.847. The number of carbonyl (C=O) groups is 2. The first-order valence-electron chi connectivity index (χ1n) is 7.43. The number of nitrogens with zero attached hydrogens (tertiary/aromatic N) is 1. The lowest BCUT2D eigenvalue weighted by Crippen LogP contribution is -2.47. The van der Waals surface area contributed by atoms with Gasteiger partial charge in [-0.25, -0.2) is 4.79 Å². The number of rotatable bonds is 11. The molecule has 0 radical (unpaired) electrons. The third-order valence-corrected chi connectivity index (χ3v) is 3.02. The van der Waals surface area contributed by atoms with E-state index in [-0.39, 0.29) is 26.4 Å². The van der Waals surface area contributed by atoms with Gasteiger partial charge in [0.2, 0.25) is 6.10 Å². The van der Waals surface area contributed by atoms with Gasteiger partial charge in [-0.2, -0.15) is 0 Å². The number of alkyl carbamates (subject to hydrolysis) is 1. The van der Waals surface area contributed by atoms with Gasteiger partial charge in [-0.05, 0) is 18.6 Å². The summed E-state index contributed by atoms with van der Waals surface area (Å²) in [5, 5.41) is 11.1. The molecule has 0 saturated carbocycles. The van der Waals surface area contributed by atoms with Crippen LogP contribution in [0.25, 0.3) is 0 Å². The number of nitrogens with two attached hydrogens (primary N) is 1. The van der Waals surface area contributed by atoms with Gasteiger partial charge < -0.3 is 30.4 Å². The highest BCUT2D eigenvalue weighted by molar-refractivity contribution is 5.82. The molecule has 1 heterocycles. The van der Waals surface area contributed by atoms with Crippen LogP contribution in [0.5, 0.6) is 0 Å². The Bertz CT molecular complexity index is 499. The van der Waals surface area contributed by atoms with Crippen LogP contribution < -0.4 is 11.1 Å². The molecule has 1 rings (SSSR count). The normalized spacial score (nSPS) is 13.1. The Balaban J connectivity index is 2.50. The molecule has 9 nitrogen and oxygen atoms in total. The number of methoxy groups -OCH3 is 1. The van der Waals surface area contributed by atoms with Gasteiger partial charge in [-0.3, -0.25) is 9.78 Å². The van der Waals surface area contributed by atoms with Crippen LogP contribution in [0, 0.1) is 0 Å². The van der Waals surface area contributed by atoms with E-state index < -0.39 is 24.2 Å². The van der Waals surface area contributed by atoms with Gasteiger partial charge in [-0.15, -0.1) is 0 Å². The number of ether oxygens (including phenoxy) is 3. The smallest absolute Gasteiger partial charge is 0.408 e. The summed E-state index contributed by atoms with van der Waals surface area (Å²) in [6.45, 7) is 0.357. The lowest BCUT2D eigenvalue weighted by Gasteiger charge is -2.23. The van der Waals surface area contributed by atoms with Crippen molar-refractivity contribution in [3.8, 4) is 0 Å². The summed E-state index contributed by atoms with van der Waals surface area (Å²) in [6, 6.07) is 5.40. The van der Waals surface area contributed by atoms with E-state index in [4.69, 9.17) is 25.1 Å². The SMILES string of the molecule is COC(COCc1ccccn1)C(OC(=O)NCCCO)C(N)=O. The molecule has 4 N–H and O–H groups in total. The predicted molar refractivity (Wildman–Crippen MR) is 83.9 cm³/mol. The molecule has 2 atom stereocenters. The number of primary amides is 1. The molecule has 134 valence electrons. The third kappa shape index (κ3) is 7.36. The quantitative estimate of drug-likeness (QED) is 0.465. The number of pyridine rings is 1. The number of nitrogens with one attached hydrogen (secondary N) is 1. The van der Waals surface area contributed by atoms with Gasteiger partial charge in [0.05, 0.1) is 18.9 Å². The van der Waals surface area contributed by atoms with Crippen molar-refractivity contribution in [3.63, 3.8) is 0 Å². The second-order valence-corrected chi connectivity index (χ2v) is 4.84. The average molecular weight is 341 g/mol. The van der Waals surface area contributed by atoms with E-state index in [9.17, 15) is 9.59 Å². The molecule has 2 amide bonds. The molecule has 0 aliphatic rings. The summed E-state index contributed by atoms with van der Waals surface area (Å²) < 4.78 is 15.6. The Morgan fingerprint density at radius 3 is 2.79 bits per heavy atom. The second kappa shape index (κ2) is 11.3. The number of aromatic nitrogens is 1. The molecule has 1 aromatic rings. The maximum atomic E-state index is 11.6. The minimum atomic E-state index is -1.30. The molecule has 1 aromatic heterocycles. The molecule has 9 heteroatoms. The fourth-order valence-electron chi connectivity index (χ4n) is 1.79. The molecular weight excluding hydrogens is 318 g/mol. The van der Waals surface area contributed by atoms with E-state index in [1.807, 2.05) is 6.07 Å². The van der Waals surface area contributed by atoms with Crippen LogP contribution in [0.2, 0.25) is 0 Å². The van der Waals surface area contributed by atoms with E-state index in [0.29, 0.717) is 12.1 Å². The van der Waals surface area contributed by atoms with Crippen molar-refractivity contribution >= 4 is 12.0 Å². The van der Waals surface area contributed by atoms with E-state index in [1.165, 1.54) is 7.11 Å². The number of aliphatic hydroxyl groups is 1. The van der Waals surface area contributed by atoms with Crippen molar-refractivity contribution in [3.05, 3.63) is 30.1 Å². The van der Waals surface area contributed by atoms with Crippen LogP contribution >= 0.6 is 0 Å². The zero-order valence-corrected chi connectivity index (χ0v) is 13.5. The van der Waals surface area contributed by atoms with Crippen LogP contribution in [0.3, 0.4) is 0 Å². The largest absolute Gasteiger partial charge is 0.433 e. The van der Waals surface area contributed by atoms with Gasteiger partial charge >= 0.3 is 6.09 Å². The van der Waals surface area contributed by atoms with Crippen molar-refractivity contribution in [2.45, 2.75) is 25.2 Å². The standard InChI is InChI=1S/C15H23N3O6/c1-22-12(10-23-9-11-5-2-3-6-17-11)13(14(16)20)24-15(21)18-7-4-8-19/h2-3,5-6,12-13,19H,4,7-10H2,1H3,(H2,16,20)(H,18,21). The van der Waals surface area contributed by atoms with Crippen LogP contribution in [0.1, 0.15) is 12.1 Å². The zero-order chi connectivity index (χ0) is 17.8. The van der Waals surface area contributed by atoms with Crippen LogP contribution in [-0.2, 0) is 25.6 Å². The van der Waals surface area contributed by atoms with Crippen LogP contribution in [-0.4, -0.2) is 61.2 Å². The van der Waals surface area contributed by atoms with Gasteiger partial charge in [0, 0.05) is 26.5 Å². The van der Waals surface area contributed by atoms with Crippen LogP contribution in [0.15, 0.2) is 24.4 Å². The maximum Gasteiger partial charge on any atom is 0.408 e. The Morgan fingerprint density at radius 1 is 1.42 bits per heavy atom. The fourth-order valence-corrected chi connectivity index (χ4v) is 1.79. The summed E-state index contributed by atoms with van der Waals surface area (Å²) in [5.41, 5.74) is 5.98. The molecule has 0 bridgehead atoms. The first kappa shape index (κ1) is 19.8. The van der Waals surface area contributed by atoms with E-state index in [2.05, 4.69) is 10.3 Å². The van der Waals surface area contributed by atoms with Crippen molar-refractivity contribution < 1.29 is 28.9 Å². The summed E-state index contributed by atoms with van der Waals surface area (Å²) in [7, 11) is 1.36. The zero-order valence-electron chi connectivity index (χ0n) is 13.5. The average Bonchev–Trinajstić information content (AvgIpc) is 2.58. The topological polar surface area (TPSA) is 133 Å². The lowest BCUT2D eigenvalue weighted by atomic mass is 10.2. The molecular formula is C15H23N3O6. The molecule has 2 unspecified atom stereocenters. The van der Waals surface area contributed by atoms with Gasteiger partial charge in [-0.1, -0.05) is 6.07 Å². The summed E-state index contributed by atoms with van der Waals surface area (Å²) in [4.78, 5) is 27.2. The van der Waals surface area contributed by atoms with Crippen molar-refractivity contribution in [1.29, 1.82) is 0 Å². The molecule has 24 heavy (non-hydrogen) atoms. The molecule has 0 aliphatic heterocycles. The molecule has 0 aromatic carbocycles. The predicted octanol–water partition coefficient (Wildman–Crippen LogP) is -0.424. The molecule has 0 spiro atoms. The highest BCUT2D eigenvalue weighted by Crippen LogP contribution is 2.07. The fraction of sp³-hybridized carbons (Fsp3) is 0.533. The summed E-state index contributed by atoms with van der Waals surface area (Å²) in [6.07, 6.45) is -0.961. The highest BCUT2D eigenvalue weighted by Gasteiger charge is 2.30. The number of carbonyl (C=O) groups excluding carboxylic acids is 2. The summed E-state index contributed by atoms with van der Waals surface area (Å²) >= 11 is 0. The Labute approximate surface area is 140 Å². The van der Waals surface area contributed by atoms with Crippen molar-refractivity contribution in [1.82, 2.24) is 10.3 Å². The van der Waals surface area contributed by atoms with Crippen LogP contribution in [0.4, 0.5) is 4.79 Å².